The van der Waals surface area contributed by atoms with Crippen molar-refractivity contribution in [2.24, 2.45) is 0 Å². The molecule has 3 nitrogen and oxygen atoms in total. The number of aliphatic carboxylic acids is 1. The molecule has 0 aromatic rings. The number of carboxylic acid groups (broad SMARTS) is 1. The first kappa shape index (κ1) is 13.5. The molecule has 0 saturated carbocycles. The van der Waals surface area contributed by atoms with E-state index in [1.54, 1.807) is 0 Å². The quantitative estimate of drug-likeness (QED) is 0.680. The van der Waals surface area contributed by atoms with Gasteiger partial charge in [-0.3, -0.25) is 9.69 Å². The highest BCUT2D eigenvalue weighted by Gasteiger charge is 2.42. The average molecular weight is 227 g/mol. The molecule has 1 fully saturated rings. The Kier molecular flexibility index (Phi) is 5.26. The van der Waals surface area contributed by atoms with E-state index in [1.165, 1.54) is 25.7 Å². The summed E-state index contributed by atoms with van der Waals surface area (Å²) < 4.78 is 0. The van der Waals surface area contributed by atoms with Gasteiger partial charge in [0.2, 0.25) is 0 Å². The van der Waals surface area contributed by atoms with Gasteiger partial charge in [-0.1, -0.05) is 32.6 Å². The van der Waals surface area contributed by atoms with Crippen LogP contribution in [0.2, 0.25) is 0 Å². The molecule has 1 aliphatic rings. The Morgan fingerprint density at radius 3 is 2.62 bits per heavy atom. The van der Waals surface area contributed by atoms with Crippen LogP contribution in [0.1, 0.15) is 58.8 Å². The molecule has 1 rings (SSSR count). The van der Waals surface area contributed by atoms with Gasteiger partial charge in [-0.25, -0.2) is 0 Å². The minimum absolute atomic E-state index is 0.593. The van der Waals surface area contributed by atoms with Crippen LogP contribution in [0, 0.1) is 0 Å². The van der Waals surface area contributed by atoms with Crippen molar-refractivity contribution in [1.82, 2.24) is 4.90 Å². The predicted molar refractivity (Wildman–Crippen MR) is 65.6 cm³/mol. The highest BCUT2D eigenvalue weighted by molar-refractivity contribution is 5.78. The lowest BCUT2D eigenvalue weighted by atomic mass is 9.99. The standard InChI is InChI=1S/C13H25NO2/c1-3-4-5-6-7-10-14-11-8-9-13(14,2)12(15)16/h3-11H2,1-2H3,(H,15,16). The Bertz CT molecular complexity index is 230. The molecule has 0 radical (unpaired) electrons. The van der Waals surface area contributed by atoms with E-state index >= 15 is 0 Å². The van der Waals surface area contributed by atoms with Gasteiger partial charge in [0.05, 0.1) is 0 Å². The normalized spacial score (nSPS) is 26.1. The second-order valence-corrected chi connectivity index (χ2v) is 5.08. The van der Waals surface area contributed by atoms with E-state index < -0.39 is 11.5 Å². The zero-order valence-electron chi connectivity index (χ0n) is 10.7. The van der Waals surface area contributed by atoms with Crippen LogP contribution in [0.3, 0.4) is 0 Å². The third kappa shape index (κ3) is 3.21. The number of carbonyl (C=O) groups is 1. The minimum atomic E-state index is -0.654. The highest BCUT2D eigenvalue weighted by atomic mass is 16.4. The molecule has 0 spiro atoms. The molecule has 1 unspecified atom stereocenters. The SMILES string of the molecule is CCCCCCCN1CCCC1(C)C(=O)O. The summed E-state index contributed by atoms with van der Waals surface area (Å²) in [5, 5.41) is 9.24. The lowest BCUT2D eigenvalue weighted by Crippen LogP contribution is -2.48. The monoisotopic (exact) mass is 227 g/mol. The Hall–Kier alpha value is -0.570. The molecule has 1 saturated heterocycles. The first-order chi connectivity index (χ1) is 7.61. The summed E-state index contributed by atoms with van der Waals surface area (Å²) in [5.74, 6) is -0.654. The maximum Gasteiger partial charge on any atom is 0.323 e. The lowest BCUT2D eigenvalue weighted by molar-refractivity contribution is -0.148. The fourth-order valence-electron chi connectivity index (χ4n) is 2.53. The summed E-state index contributed by atoms with van der Waals surface area (Å²) in [4.78, 5) is 13.4. The molecule has 1 aliphatic heterocycles. The van der Waals surface area contributed by atoms with Gasteiger partial charge in [0, 0.05) is 0 Å². The molecular weight excluding hydrogens is 202 g/mol. The van der Waals surface area contributed by atoms with E-state index in [0.29, 0.717) is 0 Å². The Morgan fingerprint density at radius 2 is 2.00 bits per heavy atom. The zero-order chi connectivity index (χ0) is 12.0. The predicted octanol–water partition coefficient (Wildman–Crippen LogP) is 2.90. The summed E-state index contributed by atoms with van der Waals surface area (Å²) in [6.45, 7) is 5.99. The summed E-state index contributed by atoms with van der Waals surface area (Å²) in [6.07, 6.45) is 8.05. The van der Waals surface area contributed by atoms with E-state index in [2.05, 4.69) is 11.8 Å². The van der Waals surface area contributed by atoms with Gasteiger partial charge in [-0.05, 0) is 39.3 Å². The van der Waals surface area contributed by atoms with Crippen LogP contribution in [0.4, 0.5) is 0 Å². The lowest BCUT2D eigenvalue weighted by Gasteiger charge is -2.31. The van der Waals surface area contributed by atoms with Gasteiger partial charge in [-0.15, -0.1) is 0 Å². The smallest absolute Gasteiger partial charge is 0.323 e. The van der Waals surface area contributed by atoms with Gasteiger partial charge in [0.1, 0.15) is 5.54 Å². The van der Waals surface area contributed by atoms with Crippen molar-refractivity contribution in [3.63, 3.8) is 0 Å². The van der Waals surface area contributed by atoms with E-state index in [9.17, 15) is 9.90 Å². The van der Waals surface area contributed by atoms with Crippen LogP contribution in [0.25, 0.3) is 0 Å². The van der Waals surface area contributed by atoms with E-state index in [1.807, 2.05) is 6.92 Å². The fraction of sp³-hybridized carbons (Fsp3) is 0.923. The maximum absolute atomic E-state index is 11.2. The van der Waals surface area contributed by atoms with E-state index in [4.69, 9.17) is 0 Å². The summed E-state index contributed by atoms with van der Waals surface area (Å²) in [7, 11) is 0. The minimum Gasteiger partial charge on any atom is -0.480 e. The third-order valence-electron chi connectivity index (χ3n) is 3.78. The van der Waals surface area contributed by atoms with Crippen molar-refractivity contribution in [2.75, 3.05) is 13.1 Å². The van der Waals surface area contributed by atoms with Crippen molar-refractivity contribution in [3.05, 3.63) is 0 Å². The van der Waals surface area contributed by atoms with Gasteiger partial charge in [0.15, 0.2) is 0 Å². The largest absolute Gasteiger partial charge is 0.480 e. The van der Waals surface area contributed by atoms with Crippen molar-refractivity contribution >= 4 is 5.97 Å². The molecule has 16 heavy (non-hydrogen) atoms. The van der Waals surface area contributed by atoms with Gasteiger partial charge in [0.25, 0.3) is 0 Å². The topological polar surface area (TPSA) is 40.5 Å². The van der Waals surface area contributed by atoms with Crippen LogP contribution >= 0.6 is 0 Å². The van der Waals surface area contributed by atoms with Crippen molar-refractivity contribution < 1.29 is 9.90 Å². The van der Waals surface area contributed by atoms with Crippen LogP contribution in [0.5, 0.6) is 0 Å². The molecule has 0 aliphatic carbocycles. The summed E-state index contributed by atoms with van der Waals surface area (Å²) >= 11 is 0. The van der Waals surface area contributed by atoms with Crippen molar-refractivity contribution in [2.45, 2.75) is 64.3 Å². The molecule has 1 atom stereocenters. The van der Waals surface area contributed by atoms with Crippen molar-refractivity contribution in [3.8, 4) is 0 Å². The average Bonchev–Trinajstić information content (AvgIpc) is 2.61. The van der Waals surface area contributed by atoms with Crippen molar-refractivity contribution in [1.29, 1.82) is 0 Å². The Labute approximate surface area is 98.8 Å². The number of hydrogen-bond acceptors (Lipinski definition) is 2. The third-order valence-corrected chi connectivity index (χ3v) is 3.78. The number of carboxylic acids is 1. The molecule has 3 heteroatoms. The molecular formula is C13H25NO2. The van der Waals surface area contributed by atoms with Crippen LogP contribution in [-0.2, 0) is 4.79 Å². The molecule has 0 aromatic carbocycles. The van der Waals surface area contributed by atoms with Crippen LogP contribution < -0.4 is 0 Å². The second kappa shape index (κ2) is 6.24. The number of unbranched alkanes of at least 4 members (excludes halogenated alkanes) is 4. The fourth-order valence-corrected chi connectivity index (χ4v) is 2.53. The molecule has 0 bridgehead atoms. The molecule has 1 heterocycles. The summed E-state index contributed by atoms with van der Waals surface area (Å²) in [5.41, 5.74) is -0.593. The molecule has 94 valence electrons. The van der Waals surface area contributed by atoms with E-state index in [0.717, 1.165) is 32.4 Å². The number of hydrogen-bond donors (Lipinski definition) is 1. The Morgan fingerprint density at radius 1 is 1.31 bits per heavy atom. The van der Waals surface area contributed by atoms with Gasteiger partial charge in [-0.2, -0.15) is 0 Å². The first-order valence-corrected chi connectivity index (χ1v) is 6.59. The van der Waals surface area contributed by atoms with E-state index in [-0.39, 0.29) is 0 Å². The Balaban J connectivity index is 2.28. The first-order valence-electron chi connectivity index (χ1n) is 6.59. The number of likely N-dealkylation sites (tertiary alicyclic amines) is 1. The molecule has 1 N–H and O–H groups in total. The van der Waals surface area contributed by atoms with Crippen LogP contribution in [-0.4, -0.2) is 34.6 Å². The highest BCUT2D eigenvalue weighted by Crippen LogP contribution is 2.29. The van der Waals surface area contributed by atoms with Gasteiger partial charge >= 0.3 is 5.97 Å². The number of rotatable bonds is 7. The van der Waals surface area contributed by atoms with Gasteiger partial charge < -0.3 is 5.11 Å². The van der Waals surface area contributed by atoms with Crippen LogP contribution in [0.15, 0.2) is 0 Å². The summed E-state index contributed by atoms with van der Waals surface area (Å²) in [6, 6.07) is 0. The molecule has 0 aromatic heterocycles. The number of nitrogens with zero attached hydrogens (tertiary/aromatic N) is 1. The second-order valence-electron chi connectivity index (χ2n) is 5.08. The zero-order valence-corrected chi connectivity index (χ0v) is 10.7. The maximum atomic E-state index is 11.2. The molecule has 0 amide bonds.